The Bertz CT molecular complexity index is 1170. The summed E-state index contributed by atoms with van der Waals surface area (Å²) < 4.78 is 1.90. The van der Waals surface area contributed by atoms with Crippen LogP contribution >= 0.6 is 0 Å². The van der Waals surface area contributed by atoms with Gasteiger partial charge in [-0.2, -0.15) is 4.73 Å². The number of para-hydroxylation sites is 2. The second kappa shape index (κ2) is 6.96. The van der Waals surface area contributed by atoms with E-state index in [1.54, 1.807) is 48.5 Å². The van der Waals surface area contributed by atoms with Crippen LogP contribution in [0.1, 0.15) is 11.1 Å². The quantitative estimate of drug-likeness (QED) is 0.416. The van der Waals surface area contributed by atoms with Crippen LogP contribution in [0, 0.1) is 12.1 Å². The molecule has 0 amide bonds. The van der Waals surface area contributed by atoms with E-state index in [0.717, 1.165) is 11.1 Å². The third kappa shape index (κ3) is 3.15. The zero-order chi connectivity index (χ0) is 18.8. The van der Waals surface area contributed by atoms with Crippen molar-refractivity contribution in [2.24, 2.45) is 0 Å². The SMILES string of the molecule is Cc1cccc(COn2c(=O)c(-c3ccccc3)[n+]([O-])c3ccccc32)c1. The highest BCUT2D eigenvalue weighted by Crippen LogP contribution is 2.15. The molecule has 0 atom stereocenters. The van der Waals surface area contributed by atoms with Gasteiger partial charge in [0.1, 0.15) is 6.61 Å². The van der Waals surface area contributed by atoms with Crippen molar-refractivity contribution >= 4 is 11.0 Å². The maximum absolute atomic E-state index is 13.1. The fraction of sp³-hybridized carbons (Fsp3) is 0.0909. The highest BCUT2D eigenvalue weighted by Gasteiger charge is 2.23. The molecule has 4 rings (SSSR count). The topological polar surface area (TPSA) is 58.2 Å². The first-order valence-corrected chi connectivity index (χ1v) is 8.67. The highest BCUT2D eigenvalue weighted by atomic mass is 16.7. The normalized spacial score (nSPS) is 10.9. The van der Waals surface area contributed by atoms with Crippen LogP contribution in [0.3, 0.4) is 0 Å². The largest absolute Gasteiger partial charge is 0.618 e. The van der Waals surface area contributed by atoms with Crippen LogP contribution in [0.25, 0.3) is 22.3 Å². The summed E-state index contributed by atoms with van der Waals surface area (Å²) in [6.07, 6.45) is 0. The van der Waals surface area contributed by atoms with Gasteiger partial charge < -0.3 is 10.0 Å². The van der Waals surface area contributed by atoms with Crippen molar-refractivity contribution in [2.45, 2.75) is 13.5 Å². The molecule has 5 nitrogen and oxygen atoms in total. The fourth-order valence-electron chi connectivity index (χ4n) is 3.13. The molecule has 0 N–H and O–H groups in total. The van der Waals surface area contributed by atoms with Gasteiger partial charge in [0, 0.05) is 6.07 Å². The highest BCUT2D eigenvalue weighted by molar-refractivity contribution is 5.73. The molecule has 1 heterocycles. The van der Waals surface area contributed by atoms with E-state index < -0.39 is 5.56 Å². The van der Waals surface area contributed by atoms with Gasteiger partial charge >= 0.3 is 5.56 Å². The van der Waals surface area contributed by atoms with Crippen LogP contribution < -0.4 is 15.1 Å². The number of hydrogen-bond donors (Lipinski definition) is 0. The molecule has 3 aromatic carbocycles. The molecule has 5 heteroatoms. The van der Waals surface area contributed by atoms with E-state index in [0.29, 0.717) is 21.3 Å². The van der Waals surface area contributed by atoms with Crippen LogP contribution in [0.15, 0.2) is 83.7 Å². The summed E-state index contributed by atoms with van der Waals surface area (Å²) in [5.74, 6) is 0. The minimum absolute atomic E-state index is 0.0403. The predicted molar refractivity (Wildman–Crippen MR) is 104 cm³/mol. The van der Waals surface area contributed by atoms with Gasteiger partial charge in [-0.25, -0.2) is 0 Å². The molecule has 0 aliphatic rings. The number of aromatic nitrogens is 2. The van der Waals surface area contributed by atoms with Crippen LogP contribution in [0.5, 0.6) is 0 Å². The number of benzene rings is 3. The van der Waals surface area contributed by atoms with Crippen LogP contribution in [-0.4, -0.2) is 4.73 Å². The van der Waals surface area contributed by atoms with E-state index in [-0.39, 0.29) is 12.3 Å². The lowest BCUT2D eigenvalue weighted by Gasteiger charge is -2.14. The van der Waals surface area contributed by atoms with Crippen molar-refractivity contribution in [3.8, 4) is 11.3 Å². The van der Waals surface area contributed by atoms with Crippen molar-refractivity contribution < 1.29 is 9.57 Å². The lowest BCUT2D eigenvalue weighted by Crippen LogP contribution is -2.42. The van der Waals surface area contributed by atoms with E-state index in [9.17, 15) is 10.0 Å². The summed E-state index contributed by atoms with van der Waals surface area (Å²) in [5.41, 5.74) is 2.98. The van der Waals surface area contributed by atoms with Gasteiger partial charge in [0.2, 0.25) is 5.52 Å². The van der Waals surface area contributed by atoms with Gasteiger partial charge in [-0.3, -0.25) is 4.79 Å². The molecular weight excluding hydrogens is 340 g/mol. The Kier molecular flexibility index (Phi) is 4.34. The van der Waals surface area contributed by atoms with Crippen molar-refractivity contribution in [3.05, 3.63) is 106 Å². The maximum atomic E-state index is 13.1. The van der Waals surface area contributed by atoms with E-state index in [4.69, 9.17) is 4.84 Å². The van der Waals surface area contributed by atoms with Gasteiger partial charge in [-0.15, -0.1) is 4.73 Å². The first-order valence-electron chi connectivity index (χ1n) is 8.67. The molecular formula is C22H18N2O3. The van der Waals surface area contributed by atoms with Gasteiger partial charge in [-0.05, 0) is 30.7 Å². The maximum Gasteiger partial charge on any atom is 0.357 e. The summed E-state index contributed by atoms with van der Waals surface area (Å²) in [4.78, 5) is 19.0. The second-order valence-corrected chi connectivity index (χ2v) is 6.36. The number of rotatable bonds is 4. The third-order valence-corrected chi connectivity index (χ3v) is 4.40. The molecule has 0 fully saturated rings. The summed E-state index contributed by atoms with van der Waals surface area (Å²) >= 11 is 0. The van der Waals surface area contributed by atoms with Crippen molar-refractivity contribution in [3.63, 3.8) is 0 Å². The molecule has 0 radical (unpaired) electrons. The average Bonchev–Trinajstić information content (AvgIpc) is 2.69. The molecule has 134 valence electrons. The van der Waals surface area contributed by atoms with Gasteiger partial charge in [0.15, 0.2) is 5.52 Å². The lowest BCUT2D eigenvalue weighted by atomic mass is 10.1. The number of hydrogen-bond acceptors (Lipinski definition) is 3. The van der Waals surface area contributed by atoms with E-state index >= 15 is 0 Å². The Morgan fingerprint density at radius 3 is 2.48 bits per heavy atom. The number of aryl methyl sites for hydroxylation is 1. The zero-order valence-electron chi connectivity index (χ0n) is 14.8. The monoisotopic (exact) mass is 358 g/mol. The molecule has 0 saturated heterocycles. The Morgan fingerprint density at radius 1 is 0.963 bits per heavy atom. The van der Waals surface area contributed by atoms with Crippen molar-refractivity contribution in [1.29, 1.82) is 0 Å². The lowest BCUT2D eigenvalue weighted by molar-refractivity contribution is -0.566. The number of nitrogens with zero attached hydrogens (tertiary/aromatic N) is 2. The van der Waals surface area contributed by atoms with Crippen LogP contribution in [0.4, 0.5) is 0 Å². The standard InChI is InChI=1S/C22H18N2O3/c1-16-8-7-9-17(14-16)15-27-24-20-13-6-5-12-19(20)23(26)21(22(24)25)18-10-3-2-4-11-18/h2-14H,15H2,1H3. The molecule has 27 heavy (non-hydrogen) atoms. The zero-order valence-corrected chi connectivity index (χ0v) is 14.8. The van der Waals surface area contributed by atoms with Crippen LogP contribution in [-0.2, 0) is 6.61 Å². The third-order valence-electron chi connectivity index (χ3n) is 4.40. The average molecular weight is 358 g/mol. The first kappa shape index (κ1) is 16.8. The minimum Gasteiger partial charge on any atom is -0.618 e. The molecule has 0 aliphatic carbocycles. The molecule has 0 aliphatic heterocycles. The molecule has 0 unspecified atom stereocenters. The number of fused-ring (bicyclic) bond motifs is 1. The Hall–Kier alpha value is -3.60. The van der Waals surface area contributed by atoms with E-state index in [1.807, 2.05) is 37.3 Å². The molecule has 0 spiro atoms. The first-order chi connectivity index (χ1) is 13.1. The van der Waals surface area contributed by atoms with Gasteiger partial charge in [0.25, 0.3) is 5.69 Å². The second-order valence-electron chi connectivity index (χ2n) is 6.36. The Labute approximate surface area is 156 Å². The van der Waals surface area contributed by atoms with E-state index in [1.165, 1.54) is 4.73 Å². The summed E-state index contributed by atoms with van der Waals surface area (Å²) in [5, 5.41) is 12.9. The molecule has 4 aromatic rings. The van der Waals surface area contributed by atoms with E-state index in [2.05, 4.69) is 0 Å². The minimum atomic E-state index is -0.484. The molecule has 1 aromatic heterocycles. The molecule has 0 saturated carbocycles. The summed E-state index contributed by atoms with van der Waals surface area (Å²) in [6.45, 7) is 2.23. The van der Waals surface area contributed by atoms with Crippen molar-refractivity contribution in [2.75, 3.05) is 0 Å². The predicted octanol–water partition coefficient (Wildman–Crippen LogP) is 3.24. The Morgan fingerprint density at radius 2 is 1.70 bits per heavy atom. The smallest absolute Gasteiger partial charge is 0.357 e. The summed E-state index contributed by atoms with van der Waals surface area (Å²) in [6, 6.07) is 23.7. The summed E-state index contributed by atoms with van der Waals surface area (Å²) in [7, 11) is 0. The van der Waals surface area contributed by atoms with Crippen molar-refractivity contribution in [1.82, 2.24) is 4.73 Å². The fourth-order valence-corrected chi connectivity index (χ4v) is 3.13. The van der Waals surface area contributed by atoms with Gasteiger partial charge in [0.05, 0.1) is 5.56 Å². The molecule has 0 bridgehead atoms. The van der Waals surface area contributed by atoms with Crippen LogP contribution in [0.2, 0.25) is 0 Å². The van der Waals surface area contributed by atoms with Gasteiger partial charge in [-0.1, -0.05) is 60.2 Å². The Balaban J connectivity index is 1.87.